The quantitative estimate of drug-likeness (QED) is 0.400. The second-order valence-electron chi connectivity index (χ2n) is 7.40. The molecule has 154 valence electrons. The Bertz CT molecular complexity index is 926. The Kier molecular flexibility index (Phi) is 6.50. The largest absolute Gasteiger partial charge is 0.346 e. The fourth-order valence-corrected chi connectivity index (χ4v) is 3.32. The van der Waals surface area contributed by atoms with Crippen LogP contribution in [0.15, 0.2) is 36.4 Å². The fourth-order valence-electron chi connectivity index (χ4n) is 2.99. The van der Waals surface area contributed by atoms with Crippen LogP contribution in [-0.4, -0.2) is 16.8 Å². The smallest absolute Gasteiger partial charge is 0.321 e. The number of carbonyl (C=O) groups is 2. The molecule has 0 unspecified atom stereocenters. The Morgan fingerprint density at radius 1 is 1.28 bits per heavy atom. The molecular weight excluding hydrogens is 491 g/mol. The summed E-state index contributed by atoms with van der Waals surface area (Å²) in [5, 5.41) is 5.56. The lowest BCUT2D eigenvalue weighted by Crippen LogP contribution is -2.27. The van der Waals surface area contributed by atoms with Gasteiger partial charge >= 0.3 is 3.93 Å². The van der Waals surface area contributed by atoms with Gasteiger partial charge in [0.1, 0.15) is 5.82 Å². The summed E-state index contributed by atoms with van der Waals surface area (Å²) in [6.45, 7) is 3.47. The fraction of sp³-hybridized carbons (Fsp3) is 0.381. The number of carbonyl (C=O) groups excluding carboxylic acids is 2. The predicted molar refractivity (Wildman–Crippen MR) is 115 cm³/mol. The zero-order chi connectivity index (χ0) is 21.2. The average Bonchev–Trinajstić information content (AvgIpc) is 3.44. The molecule has 0 bridgehead atoms. The molecule has 1 aromatic carbocycles. The molecule has 1 aromatic heterocycles. The van der Waals surface area contributed by atoms with E-state index in [1.807, 2.05) is 0 Å². The minimum absolute atomic E-state index is 0.109. The van der Waals surface area contributed by atoms with E-state index < -0.39 is 9.97 Å². The van der Waals surface area contributed by atoms with Crippen LogP contribution in [0.4, 0.5) is 14.6 Å². The molecule has 2 amide bonds. The monoisotopic (exact) mass is 513 g/mol. The molecule has 2 aromatic rings. The molecule has 0 spiro atoms. The number of hydrogen-bond donors (Lipinski definition) is 2. The molecule has 0 radical (unpaired) electrons. The standard InChI is InChI=1S/C21H22F2IN3O2/c1-12-8-16(11-18(25-12)27-19(28)9-14-6-7-14)20(29)26-13(2)15-4-3-5-17(10-15)21(22,23)24/h3-5,8,10-11,13-14H,6-7,9H2,1-2H3,(H,26,29)(H,25,27,28)/t13-/m1/s1. The van der Waals surface area contributed by atoms with Crippen LogP contribution in [0.3, 0.4) is 0 Å². The van der Waals surface area contributed by atoms with E-state index >= 15 is 0 Å². The summed E-state index contributed by atoms with van der Waals surface area (Å²) in [4.78, 5) is 29.0. The van der Waals surface area contributed by atoms with Crippen LogP contribution < -0.4 is 10.6 Å². The van der Waals surface area contributed by atoms with Gasteiger partial charge in [-0.05, 0) is 56.4 Å². The van der Waals surface area contributed by atoms with Gasteiger partial charge in [0.05, 0.1) is 6.04 Å². The molecule has 29 heavy (non-hydrogen) atoms. The third-order valence-corrected chi connectivity index (χ3v) is 5.34. The van der Waals surface area contributed by atoms with Gasteiger partial charge in [0.15, 0.2) is 0 Å². The van der Waals surface area contributed by atoms with Gasteiger partial charge < -0.3 is 10.6 Å². The van der Waals surface area contributed by atoms with E-state index in [0.29, 0.717) is 35.0 Å². The van der Waals surface area contributed by atoms with E-state index in [1.165, 1.54) is 18.2 Å². The van der Waals surface area contributed by atoms with Crippen molar-refractivity contribution in [3.63, 3.8) is 0 Å². The van der Waals surface area contributed by atoms with Crippen molar-refractivity contribution in [1.29, 1.82) is 0 Å². The summed E-state index contributed by atoms with van der Waals surface area (Å²) in [7, 11) is 0. The lowest BCUT2D eigenvalue weighted by molar-refractivity contribution is -0.116. The summed E-state index contributed by atoms with van der Waals surface area (Å²) >= 11 is 1.08. The molecule has 1 aliphatic rings. The highest BCUT2D eigenvalue weighted by atomic mass is 127. The number of benzene rings is 1. The van der Waals surface area contributed by atoms with Crippen molar-refractivity contribution in [2.45, 2.75) is 43.1 Å². The summed E-state index contributed by atoms with van der Waals surface area (Å²) in [6.07, 6.45) is 2.61. The number of anilines is 1. The molecule has 1 aliphatic carbocycles. The van der Waals surface area contributed by atoms with Crippen molar-refractivity contribution < 1.29 is 18.4 Å². The molecule has 8 heteroatoms. The Balaban J connectivity index is 1.70. The number of alkyl halides is 3. The van der Waals surface area contributed by atoms with Gasteiger partial charge in [0.2, 0.25) is 5.91 Å². The van der Waals surface area contributed by atoms with Crippen molar-refractivity contribution in [3.05, 3.63) is 58.8 Å². The zero-order valence-corrected chi connectivity index (χ0v) is 18.3. The Labute approximate surface area is 181 Å². The van der Waals surface area contributed by atoms with E-state index in [-0.39, 0.29) is 17.4 Å². The van der Waals surface area contributed by atoms with Crippen LogP contribution in [0.5, 0.6) is 0 Å². The third kappa shape index (κ3) is 6.19. The summed E-state index contributed by atoms with van der Waals surface area (Å²) < 4.78 is 24.1. The minimum Gasteiger partial charge on any atom is -0.346 e. The van der Waals surface area contributed by atoms with Crippen molar-refractivity contribution in [1.82, 2.24) is 10.3 Å². The SMILES string of the molecule is Cc1cc(C(=O)N[C@H](C)c2cccc(C(F)(F)I)c2)cc(NC(=O)CC2CC2)n1. The highest BCUT2D eigenvalue weighted by Gasteiger charge is 2.27. The first-order valence-corrected chi connectivity index (χ1v) is 10.5. The Hall–Kier alpha value is -2.10. The van der Waals surface area contributed by atoms with E-state index in [9.17, 15) is 18.4 Å². The molecule has 0 aliphatic heterocycles. The van der Waals surface area contributed by atoms with Gasteiger partial charge in [-0.3, -0.25) is 9.59 Å². The van der Waals surface area contributed by atoms with Crippen molar-refractivity contribution in [2.75, 3.05) is 5.32 Å². The van der Waals surface area contributed by atoms with Crippen molar-refractivity contribution >= 4 is 40.2 Å². The lowest BCUT2D eigenvalue weighted by Gasteiger charge is -2.17. The number of amides is 2. The molecule has 5 nitrogen and oxygen atoms in total. The Morgan fingerprint density at radius 2 is 2.00 bits per heavy atom. The highest BCUT2D eigenvalue weighted by Crippen LogP contribution is 2.36. The Morgan fingerprint density at radius 3 is 2.66 bits per heavy atom. The van der Waals surface area contributed by atoms with E-state index in [1.54, 1.807) is 32.0 Å². The number of rotatable bonds is 7. The number of halogens is 3. The van der Waals surface area contributed by atoms with Crippen molar-refractivity contribution in [2.24, 2.45) is 5.92 Å². The number of nitrogens with zero attached hydrogens (tertiary/aromatic N) is 1. The van der Waals surface area contributed by atoms with Crippen LogP contribution >= 0.6 is 22.6 Å². The van der Waals surface area contributed by atoms with Crippen molar-refractivity contribution in [3.8, 4) is 0 Å². The van der Waals surface area contributed by atoms with Crippen LogP contribution in [0.25, 0.3) is 0 Å². The number of hydrogen-bond acceptors (Lipinski definition) is 3. The lowest BCUT2D eigenvalue weighted by atomic mass is 10.0. The van der Waals surface area contributed by atoms with Crippen LogP contribution in [-0.2, 0) is 8.72 Å². The normalized spacial score (nSPS) is 14.9. The first kappa shape index (κ1) is 21.6. The number of nitrogens with one attached hydrogen (secondary N) is 2. The zero-order valence-electron chi connectivity index (χ0n) is 16.1. The first-order chi connectivity index (χ1) is 13.6. The third-order valence-electron chi connectivity index (χ3n) is 4.72. The van der Waals surface area contributed by atoms with Gasteiger partial charge in [-0.2, -0.15) is 8.78 Å². The summed E-state index contributed by atoms with van der Waals surface area (Å²) in [6, 6.07) is 8.65. The van der Waals surface area contributed by atoms with Crippen LogP contribution in [0.2, 0.25) is 0 Å². The van der Waals surface area contributed by atoms with E-state index in [2.05, 4.69) is 15.6 Å². The average molecular weight is 513 g/mol. The maximum atomic E-state index is 13.6. The second-order valence-corrected chi connectivity index (χ2v) is 8.75. The maximum Gasteiger partial charge on any atom is 0.321 e. The molecule has 1 heterocycles. The molecule has 3 rings (SSSR count). The summed E-state index contributed by atoms with van der Waals surface area (Å²) in [5.41, 5.74) is 1.41. The van der Waals surface area contributed by atoms with E-state index in [0.717, 1.165) is 35.4 Å². The first-order valence-electron chi connectivity index (χ1n) is 9.38. The van der Waals surface area contributed by atoms with Gasteiger partial charge in [0, 0.05) is 45.8 Å². The molecule has 1 fully saturated rings. The number of aryl methyl sites for hydroxylation is 1. The maximum absolute atomic E-state index is 13.6. The second kappa shape index (κ2) is 8.73. The number of pyridine rings is 1. The molecule has 1 saturated carbocycles. The van der Waals surface area contributed by atoms with Gasteiger partial charge in [-0.1, -0.05) is 18.2 Å². The van der Waals surface area contributed by atoms with Gasteiger partial charge in [-0.15, -0.1) is 0 Å². The van der Waals surface area contributed by atoms with Gasteiger partial charge in [-0.25, -0.2) is 4.98 Å². The van der Waals surface area contributed by atoms with Crippen LogP contribution in [0, 0.1) is 12.8 Å². The molecular formula is C21H22F2IN3O2. The number of aromatic nitrogens is 1. The van der Waals surface area contributed by atoms with Gasteiger partial charge in [0.25, 0.3) is 5.91 Å². The molecule has 2 N–H and O–H groups in total. The topological polar surface area (TPSA) is 71.1 Å². The molecule has 1 atom stereocenters. The van der Waals surface area contributed by atoms with Crippen LogP contribution in [0.1, 0.15) is 59.4 Å². The minimum atomic E-state index is -2.98. The summed E-state index contributed by atoms with van der Waals surface area (Å²) in [5.74, 6) is 0.309. The van der Waals surface area contributed by atoms with E-state index in [4.69, 9.17) is 0 Å². The molecule has 0 saturated heterocycles. The predicted octanol–water partition coefficient (Wildman–Crippen LogP) is 5.10. The highest BCUT2D eigenvalue weighted by molar-refractivity contribution is 14.1.